The molecule has 0 bridgehead atoms. The van der Waals surface area contributed by atoms with Crippen LogP contribution in [0.4, 0.5) is 4.79 Å². The van der Waals surface area contributed by atoms with E-state index < -0.39 is 35.6 Å². The van der Waals surface area contributed by atoms with Crippen molar-refractivity contribution in [3.8, 4) is 0 Å². The molecule has 1 amide bonds. The zero-order valence-electron chi connectivity index (χ0n) is 17.3. The van der Waals surface area contributed by atoms with Gasteiger partial charge in [-0.15, -0.1) is 0 Å². The van der Waals surface area contributed by atoms with Gasteiger partial charge in [-0.2, -0.15) is 0 Å². The van der Waals surface area contributed by atoms with Crippen molar-refractivity contribution in [1.82, 2.24) is 5.32 Å². The summed E-state index contributed by atoms with van der Waals surface area (Å²) in [5.41, 5.74) is 0.711. The van der Waals surface area contributed by atoms with Crippen molar-refractivity contribution in [1.29, 1.82) is 0 Å². The van der Waals surface area contributed by atoms with E-state index in [-0.39, 0.29) is 13.0 Å². The Labute approximate surface area is 176 Å². The van der Waals surface area contributed by atoms with Crippen LogP contribution in [0.15, 0.2) is 60.7 Å². The number of nitrogens with one attached hydrogen (secondary N) is 1. The van der Waals surface area contributed by atoms with Crippen LogP contribution in [0, 0.1) is 5.92 Å². The number of hydrogen-bond donors (Lipinski definition) is 2. The minimum Gasteiger partial charge on any atom is -0.480 e. The molecule has 2 aromatic carbocycles. The van der Waals surface area contributed by atoms with Gasteiger partial charge in [-0.1, -0.05) is 60.7 Å². The number of ether oxygens (including phenoxy) is 2. The van der Waals surface area contributed by atoms with Gasteiger partial charge in [-0.3, -0.25) is 4.79 Å². The van der Waals surface area contributed by atoms with Gasteiger partial charge in [0.1, 0.15) is 18.2 Å². The normalized spacial score (nSPS) is 13.0. The second-order valence-electron chi connectivity index (χ2n) is 7.85. The first kappa shape index (κ1) is 22.9. The minimum atomic E-state index is -1.51. The average Bonchev–Trinajstić information content (AvgIpc) is 2.69. The van der Waals surface area contributed by atoms with Crippen molar-refractivity contribution in [2.24, 2.45) is 5.92 Å². The summed E-state index contributed by atoms with van der Waals surface area (Å²) in [7, 11) is 0. The third-order valence-electron chi connectivity index (χ3n) is 4.17. The largest absolute Gasteiger partial charge is 0.480 e. The molecule has 2 atom stereocenters. The number of alkyl carbamates (subject to hydrolysis) is 1. The fourth-order valence-corrected chi connectivity index (χ4v) is 2.81. The zero-order valence-corrected chi connectivity index (χ0v) is 17.3. The van der Waals surface area contributed by atoms with Crippen molar-refractivity contribution in [3.05, 3.63) is 71.8 Å². The first-order chi connectivity index (χ1) is 14.2. The number of esters is 1. The van der Waals surface area contributed by atoms with Gasteiger partial charge in [-0.05, 0) is 38.3 Å². The van der Waals surface area contributed by atoms with Gasteiger partial charge in [0.05, 0.1) is 5.92 Å². The number of rotatable bonds is 8. The highest BCUT2D eigenvalue weighted by atomic mass is 16.6. The number of carbonyl (C=O) groups excluding carboxylic acids is 2. The molecular weight excluding hydrogens is 386 g/mol. The fourth-order valence-electron chi connectivity index (χ4n) is 2.81. The number of carboxylic acid groups (broad SMARTS) is 1. The second-order valence-corrected chi connectivity index (χ2v) is 7.85. The van der Waals surface area contributed by atoms with Crippen molar-refractivity contribution >= 4 is 18.0 Å². The van der Waals surface area contributed by atoms with Gasteiger partial charge in [0.15, 0.2) is 0 Å². The number of carbonyl (C=O) groups is 3. The minimum absolute atomic E-state index is 0.00371. The number of aliphatic carboxylic acids is 1. The smallest absolute Gasteiger partial charge is 0.408 e. The Morgan fingerprint density at radius 3 is 1.97 bits per heavy atom. The summed E-state index contributed by atoms with van der Waals surface area (Å²) < 4.78 is 10.5. The van der Waals surface area contributed by atoms with Crippen LogP contribution >= 0.6 is 0 Å². The third kappa shape index (κ3) is 7.58. The molecule has 0 saturated heterocycles. The molecule has 160 valence electrons. The predicted octanol–water partition coefficient (Wildman–Crippen LogP) is 3.57. The van der Waals surface area contributed by atoms with E-state index in [1.54, 1.807) is 57.2 Å². The maximum absolute atomic E-state index is 12.9. The summed E-state index contributed by atoms with van der Waals surface area (Å²) in [5.74, 6) is -3.20. The van der Waals surface area contributed by atoms with E-state index in [2.05, 4.69) is 5.32 Å². The molecule has 0 radical (unpaired) electrons. The molecule has 0 spiro atoms. The monoisotopic (exact) mass is 413 g/mol. The molecule has 0 unspecified atom stereocenters. The first-order valence-electron chi connectivity index (χ1n) is 9.62. The Balaban J connectivity index is 2.21. The number of hydrogen-bond acceptors (Lipinski definition) is 5. The van der Waals surface area contributed by atoms with Crippen molar-refractivity contribution in [3.63, 3.8) is 0 Å². The lowest BCUT2D eigenvalue weighted by Gasteiger charge is -2.26. The molecule has 0 saturated carbocycles. The van der Waals surface area contributed by atoms with Gasteiger partial charge < -0.3 is 19.9 Å². The van der Waals surface area contributed by atoms with Crippen LogP contribution < -0.4 is 5.32 Å². The Morgan fingerprint density at radius 2 is 1.47 bits per heavy atom. The fraction of sp³-hybridized carbons (Fsp3) is 0.348. The quantitative estimate of drug-likeness (QED) is 0.642. The van der Waals surface area contributed by atoms with Crippen LogP contribution in [0.1, 0.15) is 31.9 Å². The third-order valence-corrected chi connectivity index (χ3v) is 4.17. The molecule has 0 aliphatic rings. The molecule has 0 heterocycles. The molecule has 0 aromatic heterocycles. The molecule has 0 aliphatic carbocycles. The molecule has 2 rings (SSSR count). The SMILES string of the molecule is CC(C)(C)OC(=O)N[C@H](C(=O)O)[C@@H](Cc1ccccc1)C(=O)OCc1ccccc1. The lowest BCUT2D eigenvalue weighted by atomic mass is 9.92. The van der Waals surface area contributed by atoms with Crippen LogP contribution in [0.2, 0.25) is 0 Å². The van der Waals surface area contributed by atoms with Gasteiger partial charge >= 0.3 is 18.0 Å². The summed E-state index contributed by atoms with van der Waals surface area (Å²) in [5, 5.41) is 12.0. The van der Waals surface area contributed by atoms with E-state index in [0.29, 0.717) is 0 Å². The lowest BCUT2D eigenvalue weighted by molar-refractivity contribution is -0.156. The number of amides is 1. The van der Waals surface area contributed by atoms with Crippen molar-refractivity contribution in [2.75, 3.05) is 0 Å². The Morgan fingerprint density at radius 1 is 0.933 bits per heavy atom. The topological polar surface area (TPSA) is 102 Å². The maximum atomic E-state index is 12.9. The first-order valence-corrected chi connectivity index (χ1v) is 9.62. The van der Waals surface area contributed by atoms with Crippen LogP contribution in [0.5, 0.6) is 0 Å². The lowest BCUT2D eigenvalue weighted by Crippen LogP contribution is -2.51. The van der Waals surface area contributed by atoms with Crippen LogP contribution in [0.3, 0.4) is 0 Å². The molecule has 7 nitrogen and oxygen atoms in total. The van der Waals surface area contributed by atoms with Crippen molar-refractivity contribution in [2.45, 2.75) is 45.4 Å². The highest BCUT2D eigenvalue weighted by Crippen LogP contribution is 2.18. The van der Waals surface area contributed by atoms with Crippen LogP contribution in [-0.2, 0) is 32.1 Å². The molecule has 2 aromatic rings. The Hall–Kier alpha value is -3.35. The summed E-state index contributed by atoms with van der Waals surface area (Å²) in [6.45, 7) is 5.00. The van der Waals surface area contributed by atoms with Gasteiger partial charge in [0.25, 0.3) is 0 Å². The van der Waals surface area contributed by atoms with E-state index in [0.717, 1.165) is 11.1 Å². The van der Waals surface area contributed by atoms with Crippen molar-refractivity contribution < 1.29 is 29.0 Å². The van der Waals surface area contributed by atoms with Gasteiger partial charge in [0.2, 0.25) is 0 Å². The Kier molecular flexibility index (Phi) is 7.98. The second kappa shape index (κ2) is 10.4. The standard InChI is InChI=1S/C23H27NO6/c1-23(2,3)30-22(28)24-19(20(25)26)18(14-16-10-6-4-7-11-16)21(27)29-15-17-12-8-5-9-13-17/h4-13,18-19H,14-15H2,1-3H3,(H,24,28)(H,25,26)/t18-,19+/m1/s1. The molecule has 7 heteroatoms. The highest BCUT2D eigenvalue weighted by molar-refractivity contribution is 5.87. The summed E-state index contributed by atoms with van der Waals surface area (Å²) in [6, 6.07) is 16.5. The summed E-state index contributed by atoms with van der Waals surface area (Å²) in [4.78, 5) is 37.0. The van der Waals surface area contributed by atoms with E-state index in [1.165, 1.54) is 0 Å². The predicted molar refractivity (Wildman–Crippen MR) is 111 cm³/mol. The molecule has 0 fully saturated rings. The average molecular weight is 413 g/mol. The summed E-state index contributed by atoms with van der Waals surface area (Å²) in [6.07, 6.45) is -0.829. The number of benzene rings is 2. The van der Waals surface area contributed by atoms with E-state index in [4.69, 9.17) is 9.47 Å². The van der Waals surface area contributed by atoms with Crippen LogP contribution in [0.25, 0.3) is 0 Å². The molecular formula is C23H27NO6. The maximum Gasteiger partial charge on any atom is 0.408 e. The zero-order chi connectivity index (χ0) is 22.1. The van der Waals surface area contributed by atoms with E-state index in [1.807, 2.05) is 24.3 Å². The molecule has 30 heavy (non-hydrogen) atoms. The van der Waals surface area contributed by atoms with Crippen LogP contribution in [-0.4, -0.2) is 34.8 Å². The Bertz CT molecular complexity index is 845. The van der Waals surface area contributed by atoms with E-state index >= 15 is 0 Å². The summed E-state index contributed by atoms with van der Waals surface area (Å²) >= 11 is 0. The highest BCUT2D eigenvalue weighted by Gasteiger charge is 2.37. The molecule has 0 aliphatic heterocycles. The molecule has 2 N–H and O–H groups in total. The van der Waals surface area contributed by atoms with E-state index in [9.17, 15) is 19.5 Å². The number of carboxylic acids is 1. The van der Waals surface area contributed by atoms with Gasteiger partial charge in [-0.25, -0.2) is 9.59 Å². The van der Waals surface area contributed by atoms with Gasteiger partial charge in [0, 0.05) is 0 Å².